The average molecular weight is 244 g/mol. The maximum Gasteiger partial charge on any atom is 0.469 e. The van der Waals surface area contributed by atoms with Gasteiger partial charge in [0.2, 0.25) is 0 Å². The lowest BCUT2D eigenvalue weighted by molar-refractivity contribution is -0.250. The van der Waals surface area contributed by atoms with Crippen molar-refractivity contribution in [2.24, 2.45) is 0 Å². The van der Waals surface area contributed by atoms with Crippen LogP contribution in [0.15, 0.2) is 0 Å². The van der Waals surface area contributed by atoms with Crippen LogP contribution in [0.3, 0.4) is 0 Å². The van der Waals surface area contributed by atoms with Crippen molar-refractivity contribution < 1.29 is 38.9 Å². The van der Waals surface area contributed by atoms with E-state index < -0.39 is 39.0 Å². The van der Waals surface area contributed by atoms with Gasteiger partial charge in [0.15, 0.2) is 6.29 Å². The Bertz CT molecular complexity index is 252. The second-order valence-corrected chi connectivity index (χ2v) is 4.46. The van der Waals surface area contributed by atoms with E-state index in [1.165, 1.54) is 0 Å². The molecule has 0 aromatic heterocycles. The molecule has 4 atom stereocenters. The Labute approximate surface area is 85.3 Å². The predicted molar refractivity (Wildman–Crippen MR) is 45.5 cm³/mol. The Balaban J connectivity index is 2.45. The lowest BCUT2D eigenvalue weighted by atomic mass is 10.0. The molecule has 0 aromatic carbocycles. The van der Waals surface area contributed by atoms with Crippen LogP contribution in [0.2, 0.25) is 0 Å². The third-order valence-corrected chi connectivity index (χ3v) is 2.45. The van der Waals surface area contributed by atoms with E-state index in [0.717, 1.165) is 0 Å². The van der Waals surface area contributed by atoms with Gasteiger partial charge in [0, 0.05) is 6.42 Å². The zero-order valence-corrected chi connectivity index (χ0v) is 8.53. The second kappa shape index (κ2) is 4.86. The van der Waals surface area contributed by atoms with Gasteiger partial charge in [-0.2, -0.15) is 0 Å². The van der Waals surface area contributed by atoms with Crippen LogP contribution in [-0.2, 0) is 13.8 Å². The van der Waals surface area contributed by atoms with Crippen LogP contribution in [-0.4, -0.2) is 56.3 Å². The first-order valence-corrected chi connectivity index (χ1v) is 5.72. The van der Waals surface area contributed by atoms with Gasteiger partial charge >= 0.3 is 7.82 Å². The molecule has 1 saturated heterocycles. The van der Waals surface area contributed by atoms with Crippen molar-refractivity contribution >= 4 is 7.82 Å². The van der Waals surface area contributed by atoms with Crippen LogP contribution in [0.1, 0.15) is 6.42 Å². The smallest absolute Gasteiger partial charge is 0.390 e. The molecule has 1 rings (SSSR count). The fraction of sp³-hybridized carbons (Fsp3) is 1.00. The van der Waals surface area contributed by atoms with Crippen LogP contribution in [0.4, 0.5) is 0 Å². The number of phosphoric acid groups is 1. The minimum atomic E-state index is -4.63. The van der Waals surface area contributed by atoms with Crippen molar-refractivity contribution in [1.29, 1.82) is 0 Å². The van der Waals surface area contributed by atoms with Gasteiger partial charge in [-0.15, -0.1) is 0 Å². The molecule has 8 nitrogen and oxygen atoms in total. The van der Waals surface area contributed by atoms with Gasteiger partial charge in [0.05, 0.1) is 12.7 Å². The average Bonchev–Trinajstić information content (AvgIpc) is 2.07. The highest BCUT2D eigenvalue weighted by Crippen LogP contribution is 2.36. The van der Waals surface area contributed by atoms with Gasteiger partial charge in [-0.25, -0.2) is 4.57 Å². The molecule has 0 saturated carbocycles. The molecule has 9 heteroatoms. The molecule has 0 bridgehead atoms. The lowest BCUT2D eigenvalue weighted by Crippen LogP contribution is -2.48. The summed E-state index contributed by atoms with van der Waals surface area (Å²) in [5.74, 6) is 0. The monoisotopic (exact) mass is 244 g/mol. The van der Waals surface area contributed by atoms with Crippen molar-refractivity contribution in [2.45, 2.75) is 31.0 Å². The first-order valence-electron chi connectivity index (χ1n) is 4.19. The molecule has 15 heavy (non-hydrogen) atoms. The first kappa shape index (κ1) is 13.0. The van der Waals surface area contributed by atoms with Crippen molar-refractivity contribution in [3.63, 3.8) is 0 Å². The van der Waals surface area contributed by atoms with Gasteiger partial charge in [0.1, 0.15) is 12.2 Å². The van der Waals surface area contributed by atoms with E-state index in [1.807, 2.05) is 0 Å². The molecular formula is C6H13O8P. The topological polar surface area (TPSA) is 137 Å². The maximum absolute atomic E-state index is 10.3. The normalized spacial score (nSPS) is 37.9. The number of rotatable bonds is 3. The zero-order chi connectivity index (χ0) is 11.6. The molecule has 1 heterocycles. The molecule has 1 aliphatic heterocycles. The number of hydrogen-bond donors (Lipinski definition) is 5. The SMILES string of the molecule is O=P(O)(O)OC[C@H]1OC(O)[C@H](O)C[C@@H]1O. The minimum Gasteiger partial charge on any atom is -0.390 e. The summed E-state index contributed by atoms with van der Waals surface area (Å²) in [7, 11) is -4.63. The van der Waals surface area contributed by atoms with Crippen LogP contribution < -0.4 is 0 Å². The van der Waals surface area contributed by atoms with Crippen LogP contribution in [0.5, 0.6) is 0 Å². The van der Waals surface area contributed by atoms with E-state index in [1.54, 1.807) is 0 Å². The summed E-state index contributed by atoms with van der Waals surface area (Å²) in [5, 5.41) is 27.5. The van der Waals surface area contributed by atoms with E-state index in [4.69, 9.17) is 24.7 Å². The molecule has 90 valence electrons. The fourth-order valence-corrected chi connectivity index (χ4v) is 1.54. The Morgan fingerprint density at radius 2 is 1.87 bits per heavy atom. The Morgan fingerprint density at radius 3 is 2.40 bits per heavy atom. The third-order valence-electron chi connectivity index (χ3n) is 1.96. The quantitative estimate of drug-likeness (QED) is 0.357. The Kier molecular flexibility index (Phi) is 4.21. The summed E-state index contributed by atoms with van der Waals surface area (Å²) >= 11 is 0. The van der Waals surface area contributed by atoms with Gasteiger partial charge in [0.25, 0.3) is 0 Å². The van der Waals surface area contributed by atoms with Gasteiger partial charge < -0.3 is 29.8 Å². The molecule has 1 unspecified atom stereocenters. The van der Waals surface area contributed by atoms with Gasteiger partial charge in [-0.1, -0.05) is 0 Å². The number of phosphoric ester groups is 1. The summed E-state index contributed by atoms with van der Waals surface area (Å²) in [6.45, 7) is -0.560. The molecule has 5 N–H and O–H groups in total. The van der Waals surface area contributed by atoms with Gasteiger partial charge in [-0.3, -0.25) is 4.52 Å². The minimum absolute atomic E-state index is 0.143. The highest BCUT2D eigenvalue weighted by molar-refractivity contribution is 7.46. The molecular weight excluding hydrogens is 231 g/mol. The number of aliphatic hydroxyl groups is 3. The molecule has 0 aromatic rings. The molecule has 1 fully saturated rings. The van der Waals surface area contributed by atoms with Crippen LogP contribution in [0, 0.1) is 0 Å². The van der Waals surface area contributed by atoms with E-state index in [2.05, 4.69) is 4.52 Å². The Hall–Kier alpha value is -0.0500. The van der Waals surface area contributed by atoms with E-state index in [9.17, 15) is 9.67 Å². The highest BCUT2D eigenvalue weighted by Gasteiger charge is 2.36. The molecule has 0 spiro atoms. The van der Waals surface area contributed by atoms with Crippen molar-refractivity contribution in [2.75, 3.05) is 6.61 Å². The summed E-state index contributed by atoms with van der Waals surface area (Å²) in [6, 6.07) is 0. The van der Waals surface area contributed by atoms with Crippen molar-refractivity contribution in [1.82, 2.24) is 0 Å². The summed E-state index contributed by atoms with van der Waals surface area (Å²) < 4.78 is 19.2. The van der Waals surface area contributed by atoms with Gasteiger partial charge in [-0.05, 0) is 0 Å². The van der Waals surface area contributed by atoms with E-state index >= 15 is 0 Å². The summed E-state index contributed by atoms with van der Waals surface area (Å²) in [6.07, 6.45) is -5.06. The summed E-state index contributed by atoms with van der Waals surface area (Å²) in [4.78, 5) is 16.8. The third kappa shape index (κ3) is 4.13. The molecule has 0 aliphatic carbocycles. The van der Waals surface area contributed by atoms with E-state index in [0.29, 0.717) is 0 Å². The number of ether oxygens (including phenoxy) is 1. The molecule has 0 radical (unpaired) electrons. The number of aliphatic hydroxyl groups excluding tert-OH is 3. The second-order valence-electron chi connectivity index (χ2n) is 3.22. The van der Waals surface area contributed by atoms with Crippen LogP contribution >= 0.6 is 7.82 Å². The first-order chi connectivity index (χ1) is 6.79. The largest absolute Gasteiger partial charge is 0.469 e. The predicted octanol–water partition coefficient (Wildman–Crippen LogP) is -2.08. The van der Waals surface area contributed by atoms with Crippen molar-refractivity contribution in [3.8, 4) is 0 Å². The highest BCUT2D eigenvalue weighted by atomic mass is 31.2. The van der Waals surface area contributed by atoms with Crippen LogP contribution in [0.25, 0.3) is 0 Å². The lowest BCUT2D eigenvalue weighted by Gasteiger charge is -2.34. The number of hydrogen-bond acceptors (Lipinski definition) is 6. The zero-order valence-electron chi connectivity index (χ0n) is 7.63. The standard InChI is InChI=1S/C6H13O8P/c7-3-1-4(8)6(9)14-5(3)2-13-15(10,11)12/h3-9H,1-2H2,(H2,10,11,12)/t3-,4+,5+,6?/m0/s1. The fourth-order valence-electron chi connectivity index (χ4n) is 1.20. The van der Waals surface area contributed by atoms with Crippen molar-refractivity contribution in [3.05, 3.63) is 0 Å². The summed E-state index contributed by atoms with van der Waals surface area (Å²) in [5.41, 5.74) is 0. The van der Waals surface area contributed by atoms with E-state index in [-0.39, 0.29) is 6.42 Å². The molecule has 0 amide bonds. The maximum atomic E-state index is 10.3. The molecule has 1 aliphatic rings. The Morgan fingerprint density at radius 1 is 1.27 bits per heavy atom.